The lowest BCUT2D eigenvalue weighted by molar-refractivity contribution is -0.122. The summed E-state index contributed by atoms with van der Waals surface area (Å²) in [6.45, 7) is 7.29. The van der Waals surface area contributed by atoms with Gasteiger partial charge in [-0.05, 0) is 31.4 Å². The number of halogens is 1. The molecular weight excluding hydrogens is 308 g/mol. The SMILES string of the molecule is CCC(NC(=O)CCCCCCN)C(C)(C)c1ccccc1.Cl. The Morgan fingerprint density at radius 3 is 2.30 bits per heavy atom. The molecule has 1 unspecified atom stereocenters. The highest BCUT2D eigenvalue weighted by Crippen LogP contribution is 2.28. The molecule has 1 rings (SSSR count). The van der Waals surface area contributed by atoms with E-state index < -0.39 is 0 Å². The van der Waals surface area contributed by atoms with Crippen molar-refractivity contribution in [2.24, 2.45) is 5.73 Å². The Kier molecular flexibility index (Phi) is 10.9. The minimum atomic E-state index is -0.0643. The van der Waals surface area contributed by atoms with Gasteiger partial charge in [-0.3, -0.25) is 4.79 Å². The Balaban J connectivity index is 0.00000484. The van der Waals surface area contributed by atoms with Crippen molar-refractivity contribution in [3.05, 3.63) is 35.9 Å². The predicted molar refractivity (Wildman–Crippen MR) is 101 cm³/mol. The molecule has 1 atom stereocenters. The number of unbranched alkanes of at least 4 members (excludes halogenated alkanes) is 3. The van der Waals surface area contributed by atoms with Crippen molar-refractivity contribution in [1.82, 2.24) is 5.32 Å². The Morgan fingerprint density at radius 1 is 1.13 bits per heavy atom. The Morgan fingerprint density at radius 2 is 1.74 bits per heavy atom. The van der Waals surface area contributed by atoms with E-state index in [0.717, 1.165) is 38.6 Å². The molecule has 0 aliphatic rings. The van der Waals surface area contributed by atoms with Crippen LogP contribution in [0.25, 0.3) is 0 Å². The van der Waals surface area contributed by atoms with E-state index in [0.29, 0.717) is 6.42 Å². The molecule has 0 aliphatic heterocycles. The van der Waals surface area contributed by atoms with Crippen molar-refractivity contribution in [3.8, 4) is 0 Å². The summed E-state index contributed by atoms with van der Waals surface area (Å²) in [7, 11) is 0. The predicted octanol–water partition coefficient (Wildman–Crippen LogP) is 4.19. The van der Waals surface area contributed by atoms with Crippen molar-refractivity contribution < 1.29 is 4.79 Å². The number of nitrogens with one attached hydrogen (secondary N) is 1. The lowest BCUT2D eigenvalue weighted by Crippen LogP contribution is -2.47. The lowest BCUT2D eigenvalue weighted by Gasteiger charge is -2.35. The van der Waals surface area contributed by atoms with Gasteiger partial charge in [-0.15, -0.1) is 12.4 Å². The van der Waals surface area contributed by atoms with Gasteiger partial charge in [0.15, 0.2) is 0 Å². The highest BCUT2D eigenvalue weighted by atomic mass is 35.5. The van der Waals surface area contributed by atoms with Crippen LogP contribution in [0.5, 0.6) is 0 Å². The molecule has 3 N–H and O–H groups in total. The van der Waals surface area contributed by atoms with Gasteiger partial charge in [0.1, 0.15) is 0 Å². The summed E-state index contributed by atoms with van der Waals surface area (Å²) in [5.74, 6) is 0.170. The highest BCUT2D eigenvalue weighted by Gasteiger charge is 2.30. The lowest BCUT2D eigenvalue weighted by atomic mass is 9.76. The first-order valence-electron chi connectivity index (χ1n) is 8.57. The number of nitrogens with two attached hydrogens (primary N) is 1. The van der Waals surface area contributed by atoms with Crippen LogP contribution in [0.3, 0.4) is 0 Å². The number of rotatable bonds is 10. The van der Waals surface area contributed by atoms with Crippen molar-refractivity contribution in [1.29, 1.82) is 0 Å². The number of benzene rings is 1. The van der Waals surface area contributed by atoms with Gasteiger partial charge in [0, 0.05) is 17.9 Å². The van der Waals surface area contributed by atoms with E-state index in [1.165, 1.54) is 5.56 Å². The molecule has 4 heteroatoms. The molecule has 3 nitrogen and oxygen atoms in total. The fourth-order valence-electron chi connectivity index (χ4n) is 2.91. The van der Waals surface area contributed by atoms with Crippen LogP contribution in [0, 0.1) is 0 Å². The number of amides is 1. The van der Waals surface area contributed by atoms with Crippen LogP contribution in [0.4, 0.5) is 0 Å². The fraction of sp³-hybridized carbons (Fsp3) is 0.632. The smallest absolute Gasteiger partial charge is 0.220 e. The molecular formula is C19H33ClN2O. The second-order valence-corrected chi connectivity index (χ2v) is 6.57. The topological polar surface area (TPSA) is 55.1 Å². The minimum Gasteiger partial charge on any atom is -0.353 e. The first-order valence-corrected chi connectivity index (χ1v) is 8.57. The fourth-order valence-corrected chi connectivity index (χ4v) is 2.91. The maximum atomic E-state index is 12.2. The third-order valence-electron chi connectivity index (χ3n) is 4.49. The number of carbonyl (C=O) groups excluding carboxylic acids is 1. The van der Waals surface area contributed by atoms with Crippen LogP contribution < -0.4 is 11.1 Å². The van der Waals surface area contributed by atoms with E-state index in [1.54, 1.807) is 0 Å². The standard InChI is InChI=1S/C19H32N2O.ClH/c1-4-17(19(2,3)16-12-8-7-9-13-16)21-18(22)14-10-5-6-11-15-20;/h7-9,12-13,17H,4-6,10-11,14-15,20H2,1-3H3,(H,21,22);1H. The number of hydrogen-bond acceptors (Lipinski definition) is 2. The Hall–Kier alpha value is -1.06. The van der Waals surface area contributed by atoms with Crippen molar-refractivity contribution in [3.63, 3.8) is 0 Å². The summed E-state index contributed by atoms with van der Waals surface area (Å²) < 4.78 is 0. The summed E-state index contributed by atoms with van der Waals surface area (Å²) >= 11 is 0. The first kappa shape index (κ1) is 21.9. The summed E-state index contributed by atoms with van der Waals surface area (Å²) in [4.78, 5) is 12.2. The zero-order valence-electron chi connectivity index (χ0n) is 14.8. The average Bonchev–Trinajstić information content (AvgIpc) is 2.53. The van der Waals surface area contributed by atoms with Crippen LogP contribution in [-0.4, -0.2) is 18.5 Å². The second kappa shape index (κ2) is 11.5. The van der Waals surface area contributed by atoms with Crippen LogP contribution in [0.1, 0.15) is 64.9 Å². The van der Waals surface area contributed by atoms with E-state index in [2.05, 4.69) is 50.4 Å². The van der Waals surface area contributed by atoms with Crippen LogP contribution in [0.2, 0.25) is 0 Å². The van der Waals surface area contributed by atoms with Crippen molar-refractivity contribution in [2.75, 3.05) is 6.54 Å². The van der Waals surface area contributed by atoms with E-state index in [9.17, 15) is 4.79 Å². The van der Waals surface area contributed by atoms with Gasteiger partial charge in [0.2, 0.25) is 5.91 Å². The van der Waals surface area contributed by atoms with Gasteiger partial charge in [0.05, 0.1) is 0 Å². The minimum absolute atomic E-state index is 0. The number of hydrogen-bond donors (Lipinski definition) is 2. The average molecular weight is 341 g/mol. The molecule has 0 bridgehead atoms. The molecule has 0 aromatic heterocycles. The molecule has 132 valence electrons. The third-order valence-corrected chi connectivity index (χ3v) is 4.49. The first-order chi connectivity index (χ1) is 10.5. The van der Waals surface area contributed by atoms with Crippen molar-refractivity contribution in [2.45, 2.75) is 70.8 Å². The Bertz CT molecular complexity index is 434. The van der Waals surface area contributed by atoms with Crippen LogP contribution in [-0.2, 0) is 10.2 Å². The van der Waals surface area contributed by atoms with Crippen molar-refractivity contribution >= 4 is 18.3 Å². The van der Waals surface area contributed by atoms with E-state index >= 15 is 0 Å². The normalized spacial score (nSPS) is 12.3. The maximum Gasteiger partial charge on any atom is 0.220 e. The molecule has 0 fully saturated rings. The van der Waals surface area contributed by atoms with Gasteiger partial charge in [0.25, 0.3) is 0 Å². The van der Waals surface area contributed by atoms with Crippen LogP contribution in [0.15, 0.2) is 30.3 Å². The molecule has 1 aromatic carbocycles. The molecule has 1 amide bonds. The van der Waals surface area contributed by atoms with Crippen LogP contribution >= 0.6 is 12.4 Å². The zero-order valence-corrected chi connectivity index (χ0v) is 15.6. The molecule has 23 heavy (non-hydrogen) atoms. The molecule has 1 aromatic rings. The second-order valence-electron chi connectivity index (χ2n) is 6.57. The molecule has 0 aliphatic carbocycles. The molecule has 0 radical (unpaired) electrons. The largest absolute Gasteiger partial charge is 0.353 e. The molecule has 0 heterocycles. The zero-order chi connectivity index (χ0) is 16.4. The van der Waals surface area contributed by atoms with Gasteiger partial charge in [-0.25, -0.2) is 0 Å². The molecule has 0 saturated carbocycles. The third kappa shape index (κ3) is 7.36. The Labute approximate surface area is 147 Å². The molecule has 0 saturated heterocycles. The number of carbonyl (C=O) groups is 1. The van der Waals surface area contributed by atoms with Gasteiger partial charge in [-0.1, -0.05) is 63.9 Å². The van der Waals surface area contributed by atoms with Gasteiger partial charge < -0.3 is 11.1 Å². The van der Waals surface area contributed by atoms with E-state index in [-0.39, 0.29) is 29.8 Å². The maximum absolute atomic E-state index is 12.2. The van der Waals surface area contributed by atoms with E-state index in [1.807, 2.05) is 6.07 Å². The van der Waals surface area contributed by atoms with Gasteiger partial charge in [-0.2, -0.15) is 0 Å². The monoisotopic (exact) mass is 340 g/mol. The molecule has 0 spiro atoms. The summed E-state index contributed by atoms with van der Waals surface area (Å²) in [6.07, 6.45) is 5.76. The summed E-state index contributed by atoms with van der Waals surface area (Å²) in [5, 5.41) is 3.23. The van der Waals surface area contributed by atoms with Gasteiger partial charge >= 0.3 is 0 Å². The summed E-state index contributed by atoms with van der Waals surface area (Å²) in [5.41, 5.74) is 6.68. The summed E-state index contributed by atoms with van der Waals surface area (Å²) in [6, 6.07) is 10.6. The quantitative estimate of drug-likeness (QED) is 0.627. The highest BCUT2D eigenvalue weighted by molar-refractivity contribution is 5.85. The van der Waals surface area contributed by atoms with E-state index in [4.69, 9.17) is 5.73 Å².